The van der Waals surface area contributed by atoms with Crippen molar-refractivity contribution in [2.24, 2.45) is 5.41 Å². The summed E-state index contributed by atoms with van der Waals surface area (Å²) in [6.45, 7) is 3.16. The number of anilines is 3. The van der Waals surface area contributed by atoms with E-state index in [4.69, 9.17) is 4.74 Å². The minimum atomic E-state index is -0.610. The first-order chi connectivity index (χ1) is 25.2. The fraction of sp³-hybridized carbons (Fsp3) is 0.231. The molecule has 9 nitrogen and oxygen atoms in total. The Balaban J connectivity index is 0.942. The number of amides is 2. The molecule has 0 atom stereocenters. The van der Waals surface area contributed by atoms with Gasteiger partial charge in [-0.15, -0.1) is 11.3 Å². The highest BCUT2D eigenvalue weighted by Gasteiger charge is 2.45. The van der Waals surface area contributed by atoms with Gasteiger partial charge in [0.25, 0.3) is 11.8 Å². The number of ether oxygens (including phenoxy) is 1. The molecule has 2 N–H and O–H groups in total. The second-order valence-electron chi connectivity index (χ2n) is 13.6. The number of fused-ring (bicyclic) bond motifs is 4. The number of nitrogens with one attached hydrogen (secondary N) is 2. The molecule has 6 heterocycles. The number of nitrogens with zero attached hydrogens (tertiary/aromatic N) is 4. The van der Waals surface area contributed by atoms with Crippen molar-refractivity contribution in [1.82, 2.24) is 15.0 Å². The quantitative estimate of drug-likeness (QED) is 0.188. The third kappa shape index (κ3) is 5.70. The summed E-state index contributed by atoms with van der Waals surface area (Å²) < 4.78 is 49.0. The normalized spacial score (nSPS) is 16.3. The number of aromatic amines is 1. The predicted octanol–water partition coefficient (Wildman–Crippen LogP) is 7.84. The first kappa shape index (κ1) is 32.4. The van der Waals surface area contributed by atoms with Crippen LogP contribution in [0.1, 0.15) is 39.1 Å². The number of rotatable bonds is 5. The lowest BCUT2D eigenvalue weighted by molar-refractivity contribution is -0.000515. The van der Waals surface area contributed by atoms with Gasteiger partial charge >= 0.3 is 0 Å². The first-order valence-corrected chi connectivity index (χ1v) is 17.8. The number of halogens is 3. The van der Waals surface area contributed by atoms with Gasteiger partial charge in [-0.2, -0.15) is 0 Å². The standard InChI is InChI=1S/C39H31F3N6O3S/c40-24-6-9-27-31(18-24)48(13-10-23-16-32(52-34(23)27)35-45-30-3-1-2-29(42)33(30)46-35)38(50)22-4-7-26(8-5-22)44-37(49)28-17-25(41)19-43-36(28)47-20-39(21-47)11-14-51-15-12-39/h1-9,16-19H,10-15,20-21H2,(H,44,49)(H,45,46). The van der Waals surface area contributed by atoms with E-state index in [9.17, 15) is 22.8 Å². The zero-order valence-corrected chi connectivity index (χ0v) is 28.5. The van der Waals surface area contributed by atoms with Crippen molar-refractivity contribution in [1.29, 1.82) is 0 Å². The van der Waals surface area contributed by atoms with E-state index in [0.717, 1.165) is 47.4 Å². The summed E-state index contributed by atoms with van der Waals surface area (Å²) in [4.78, 5) is 44.6. The van der Waals surface area contributed by atoms with Gasteiger partial charge in [0.2, 0.25) is 0 Å². The van der Waals surface area contributed by atoms with E-state index >= 15 is 0 Å². The molecule has 9 rings (SSSR count). The van der Waals surface area contributed by atoms with Crippen LogP contribution >= 0.6 is 11.3 Å². The van der Waals surface area contributed by atoms with Gasteiger partial charge in [0, 0.05) is 60.0 Å². The number of H-pyrrole nitrogens is 1. The molecule has 2 amide bonds. The lowest BCUT2D eigenvalue weighted by Gasteiger charge is -2.53. The van der Waals surface area contributed by atoms with Crippen LogP contribution in [0.25, 0.3) is 32.2 Å². The highest BCUT2D eigenvalue weighted by Crippen LogP contribution is 2.45. The lowest BCUT2D eigenvalue weighted by atomic mass is 9.73. The van der Waals surface area contributed by atoms with E-state index in [1.165, 1.54) is 35.6 Å². The summed E-state index contributed by atoms with van der Waals surface area (Å²) in [6, 6.07) is 18.7. The number of para-hydroxylation sites is 1. The van der Waals surface area contributed by atoms with Crippen LogP contribution in [-0.2, 0) is 11.2 Å². The Morgan fingerprint density at radius 2 is 1.75 bits per heavy atom. The van der Waals surface area contributed by atoms with Gasteiger partial charge in [0.1, 0.15) is 34.6 Å². The van der Waals surface area contributed by atoms with Gasteiger partial charge in [-0.1, -0.05) is 6.07 Å². The van der Waals surface area contributed by atoms with Crippen LogP contribution in [0.4, 0.5) is 30.4 Å². The van der Waals surface area contributed by atoms with Crippen LogP contribution in [0.2, 0.25) is 0 Å². The summed E-state index contributed by atoms with van der Waals surface area (Å²) in [5.41, 5.74) is 3.99. The number of carbonyl (C=O) groups is 2. The van der Waals surface area contributed by atoms with Crippen molar-refractivity contribution >= 4 is 51.4 Å². The zero-order valence-electron chi connectivity index (χ0n) is 27.7. The molecule has 6 aromatic rings. The number of aromatic nitrogens is 3. The summed E-state index contributed by atoms with van der Waals surface area (Å²) >= 11 is 1.45. The molecule has 0 unspecified atom stereocenters. The van der Waals surface area contributed by atoms with Crippen LogP contribution in [-0.4, -0.2) is 59.6 Å². The van der Waals surface area contributed by atoms with Crippen LogP contribution in [0.3, 0.4) is 0 Å². The second-order valence-corrected chi connectivity index (χ2v) is 14.6. The molecule has 52 heavy (non-hydrogen) atoms. The van der Waals surface area contributed by atoms with Crippen molar-refractivity contribution in [3.8, 4) is 21.1 Å². The minimum Gasteiger partial charge on any atom is -0.381 e. The number of imidazole rings is 1. The van der Waals surface area contributed by atoms with Crippen LogP contribution in [0, 0.1) is 22.9 Å². The molecular formula is C39H31F3N6O3S. The van der Waals surface area contributed by atoms with Crippen LogP contribution < -0.4 is 15.1 Å². The Morgan fingerprint density at radius 3 is 2.54 bits per heavy atom. The van der Waals surface area contributed by atoms with E-state index in [2.05, 4.69) is 20.3 Å². The maximum Gasteiger partial charge on any atom is 0.259 e. The molecule has 0 bridgehead atoms. The third-order valence-corrected chi connectivity index (χ3v) is 11.4. The Labute approximate surface area is 300 Å². The first-order valence-electron chi connectivity index (χ1n) is 17.0. The van der Waals surface area contributed by atoms with E-state index < -0.39 is 17.5 Å². The topological polar surface area (TPSA) is 103 Å². The summed E-state index contributed by atoms with van der Waals surface area (Å²) in [7, 11) is 0. The fourth-order valence-electron chi connectivity index (χ4n) is 7.49. The van der Waals surface area contributed by atoms with Crippen molar-refractivity contribution in [2.75, 3.05) is 48.0 Å². The van der Waals surface area contributed by atoms with Gasteiger partial charge in [0.05, 0.1) is 27.8 Å². The Hall–Kier alpha value is -5.53. The number of carbonyl (C=O) groups excluding carboxylic acids is 2. The Kier molecular flexibility index (Phi) is 7.85. The van der Waals surface area contributed by atoms with Gasteiger partial charge in [-0.05, 0) is 91.6 Å². The SMILES string of the molecule is O=C(Nc1ccc(C(=O)N2CCc3cc(-c4nc5cccc(F)c5[nH]4)sc3-c3ccc(F)cc32)cc1)c1cc(F)cnc1N1CC2(CCOCC2)C1. The van der Waals surface area contributed by atoms with Crippen LogP contribution in [0.15, 0.2) is 79.0 Å². The molecule has 3 aromatic heterocycles. The molecule has 2 fully saturated rings. The predicted molar refractivity (Wildman–Crippen MR) is 193 cm³/mol. The molecular weight excluding hydrogens is 690 g/mol. The zero-order chi connectivity index (χ0) is 35.6. The van der Waals surface area contributed by atoms with Crippen molar-refractivity contribution in [3.05, 3.63) is 113 Å². The molecule has 0 saturated carbocycles. The van der Waals surface area contributed by atoms with Crippen molar-refractivity contribution < 1.29 is 27.5 Å². The fourth-order valence-corrected chi connectivity index (χ4v) is 8.68. The van der Waals surface area contributed by atoms with E-state index in [0.29, 0.717) is 64.8 Å². The molecule has 3 aliphatic heterocycles. The summed E-state index contributed by atoms with van der Waals surface area (Å²) in [6.07, 6.45) is 3.50. The maximum absolute atomic E-state index is 14.7. The van der Waals surface area contributed by atoms with Gasteiger partial charge in [-0.25, -0.2) is 23.1 Å². The summed E-state index contributed by atoms with van der Waals surface area (Å²) in [5, 5.41) is 2.82. The minimum absolute atomic E-state index is 0.133. The molecule has 3 aliphatic rings. The summed E-state index contributed by atoms with van der Waals surface area (Å²) in [5.74, 6) is -1.34. The number of hydrogen-bond acceptors (Lipinski definition) is 7. The molecule has 3 aromatic carbocycles. The number of hydrogen-bond donors (Lipinski definition) is 2. The number of thiophene rings is 1. The third-order valence-electron chi connectivity index (χ3n) is 10.2. The smallest absolute Gasteiger partial charge is 0.259 e. The van der Waals surface area contributed by atoms with E-state index in [-0.39, 0.29) is 29.2 Å². The van der Waals surface area contributed by atoms with Gasteiger partial charge < -0.3 is 24.8 Å². The largest absolute Gasteiger partial charge is 0.381 e. The number of pyridine rings is 1. The maximum atomic E-state index is 14.7. The Morgan fingerprint density at radius 1 is 0.942 bits per heavy atom. The number of benzene rings is 3. The highest BCUT2D eigenvalue weighted by atomic mass is 32.1. The second kappa shape index (κ2) is 12.6. The molecule has 13 heteroatoms. The van der Waals surface area contributed by atoms with Crippen molar-refractivity contribution in [3.63, 3.8) is 0 Å². The monoisotopic (exact) mass is 720 g/mol. The van der Waals surface area contributed by atoms with Crippen molar-refractivity contribution in [2.45, 2.75) is 19.3 Å². The average molecular weight is 721 g/mol. The molecule has 2 saturated heterocycles. The molecule has 262 valence electrons. The van der Waals surface area contributed by atoms with Gasteiger partial charge in [0.15, 0.2) is 0 Å². The average Bonchev–Trinajstić information content (AvgIpc) is 3.74. The van der Waals surface area contributed by atoms with Gasteiger partial charge in [-0.3, -0.25) is 9.59 Å². The molecule has 0 aliphatic carbocycles. The van der Waals surface area contributed by atoms with E-state index in [1.807, 2.05) is 11.0 Å². The lowest BCUT2D eigenvalue weighted by Crippen LogP contribution is -2.59. The Bertz CT molecular complexity index is 2380. The molecule has 0 radical (unpaired) electrons. The van der Waals surface area contributed by atoms with Crippen LogP contribution in [0.5, 0.6) is 0 Å². The molecule has 1 spiro atoms. The van der Waals surface area contributed by atoms with E-state index in [1.54, 1.807) is 47.4 Å². The highest BCUT2D eigenvalue weighted by molar-refractivity contribution is 7.19.